The number of carbonyl (C=O) groups excluding carboxylic acids is 1. The average molecular weight is 524 g/mol. The Morgan fingerprint density at radius 2 is 1.91 bits per heavy atom. The Kier molecular flexibility index (Phi) is 10.7. The maximum absolute atomic E-state index is 11.4. The van der Waals surface area contributed by atoms with Gasteiger partial charge in [0.05, 0.1) is 17.3 Å². The molecule has 0 aliphatic carbocycles. The van der Waals surface area contributed by atoms with Crippen LogP contribution in [0.15, 0.2) is 39.9 Å². The summed E-state index contributed by atoms with van der Waals surface area (Å²) in [5.74, 6) is 2.43. The van der Waals surface area contributed by atoms with Crippen LogP contribution in [0.2, 0.25) is 0 Å². The first-order chi connectivity index (χ1) is 15.3. The van der Waals surface area contributed by atoms with Crippen LogP contribution in [0.1, 0.15) is 43.4 Å². The number of halogens is 1. The van der Waals surface area contributed by atoms with Crippen molar-refractivity contribution >= 4 is 40.1 Å². The van der Waals surface area contributed by atoms with Crippen LogP contribution in [0.3, 0.4) is 0 Å². The fourth-order valence-corrected chi connectivity index (χ4v) is 3.69. The van der Waals surface area contributed by atoms with Gasteiger partial charge >= 0.3 is 6.03 Å². The number of nitrogens with one attached hydrogen (secondary N) is 2. The summed E-state index contributed by atoms with van der Waals surface area (Å²) in [5, 5.41) is 3.93. The number of urea groups is 1. The zero-order chi connectivity index (χ0) is 23.5. The summed E-state index contributed by atoms with van der Waals surface area (Å²) >= 11 is 4.73. The van der Waals surface area contributed by atoms with E-state index < -0.39 is 6.03 Å². The molecule has 0 unspecified atom stereocenters. The van der Waals surface area contributed by atoms with Gasteiger partial charge in [-0.3, -0.25) is 4.72 Å². The van der Waals surface area contributed by atoms with Crippen LogP contribution in [0.5, 0.6) is 17.2 Å². The van der Waals surface area contributed by atoms with Gasteiger partial charge in [0, 0.05) is 6.26 Å². The van der Waals surface area contributed by atoms with E-state index in [2.05, 4.69) is 70.1 Å². The third-order valence-corrected chi connectivity index (χ3v) is 5.26. The molecule has 2 rings (SSSR count). The molecular weight excluding hydrogens is 494 g/mol. The number of hydrazone groups is 1. The fraction of sp³-hybridized carbons (Fsp3) is 0.391. The van der Waals surface area contributed by atoms with Crippen molar-refractivity contribution in [2.45, 2.75) is 33.6 Å². The fourth-order valence-electron chi connectivity index (χ4n) is 2.89. The molecule has 0 bridgehead atoms. The lowest BCUT2D eigenvalue weighted by molar-refractivity contribution is 0.206. The van der Waals surface area contributed by atoms with Crippen LogP contribution in [0.4, 0.5) is 4.79 Å². The van der Waals surface area contributed by atoms with Crippen LogP contribution in [-0.2, 0) is 0 Å². The highest BCUT2D eigenvalue weighted by Gasteiger charge is 2.13. The summed E-state index contributed by atoms with van der Waals surface area (Å²) in [4.78, 5) is 11.4. The van der Waals surface area contributed by atoms with Gasteiger partial charge in [0.2, 0.25) is 0 Å². The summed E-state index contributed by atoms with van der Waals surface area (Å²) in [5.41, 5.74) is 5.46. The van der Waals surface area contributed by atoms with Crippen molar-refractivity contribution in [1.29, 1.82) is 0 Å². The molecule has 0 radical (unpaired) electrons. The number of amides is 2. The minimum Gasteiger partial charge on any atom is -0.490 e. The van der Waals surface area contributed by atoms with E-state index >= 15 is 0 Å². The monoisotopic (exact) mass is 523 g/mol. The van der Waals surface area contributed by atoms with Crippen molar-refractivity contribution in [1.82, 2.24) is 10.1 Å². The number of carbonyl (C=O) groups is 1. The largest absolute Gasteiger partial charge is 0.490 e. The van der Waals surface area contributed by atoms with Crippen LogP contribution in [0, 0.1) is 6.92 Å². The third kappa shape index (κ3) is 7.94. The predicted molar refractivity (Wildman–Crippen MR) is 134 cm³/mol. The lowest BCUT2D eigenvalue weighted by atomic mass is 10.0. The highest BCUT2D eigenvalue weighted by atomic mass is 79.9. The van der Waals surface area contributed by atoms with Gasteiger partial charge in [-0.05, 0) is 70.6 Å². The average Bonchev–Trinajstić information content (AvgIpc) is 2.73. The normalized spacial score (nSPS) is 11.0. The molecule has 0 fully saturated rings. The molecule has 9 heteroatoms. The Labute approximate surface area is 202 Å². The van der Waals surface area contributed by atoms with Crippen LogP contribution >= 0.6 is 27.9 Å². The molecule has 2 aromatic rings. The Morgan fingerprint density at radius 3 is 2.59 bits per heavy atom. The second-order valence-electron chi connectivity index (χ2n) is 7.16. The first-order valence-corrected chi connectivity index (χ1v) is 12.3. The molecule has 0 aromatic heterocycles. The van der Waals surface area contributed by atoms with Gasteiger partial charge in [0.1, 0.15) is 19.0 Å². The second kappa shape index (κ2) is 13.2. The smallest absolute Gasteiger partial charge is 0.345 e. The summed E-state index contributed by atoms with van der Waals surface area (Å²) in [7, 11) is 0. The lowest BCUT2D eigenvalue weighted by Gasteiger charge is -2.17. The molecule has 0 aliphatic heterocycles. The molecule has 2 aromatic carbocycles. The second-order valence-corrected chi connectivity index (χ2v) is 8.63. The molecule has 32 heavy (non-hydrogen) atoms. The van der Waals surface area contributed by atoms with Gasteiger partial charge in [-0.15, -0.1) is 0 Å². The lowest BCUT2D eigenvalue weighted by Crippen LogP contribution is -2.26. The number of hydrogen-bond acceptors (Lipinski definition) is 6. The minimum atomic E-state index is -0.396. The topological polar surface area (TPSA) is 81.2 Å². The van der Waals surface area contributed by atoms with Gasteiger partial charge in [-0.2, -0.15) is 5.10 Å². The van der Waals surface area contributed by atoms with E-state index in [1.165, 1.54) is 23.7 Å². The third-order valence-electron chi connectivity index (χ3n) is 4.28. The zero-order valence-electron chi connectivity index (χ0n) is 19.0. The van der Waals surface area contributed by atoms with Crippen molar-refractivity contribution < 1.29 is 19.0 Å². The summed E-state index contributed by atoms with van der Waals surface area (Å²) in [6, 6.07) is 9.51. The van der Waals surface area contributed by atoms with Gasteiger partial charge < -0.3 is 14.2 Å². The standard InChI is InChI=1S/C23H30BrN3O4S/c1-6-29-21-13-17(14-25-26-23(28)27-32-5)12-19(24)22(21)31-10-9-30-20-11-16(4)7-8-18(20)15(2)3/h7-8,11-15H,6,9-10H2,1-5H3,(H2,26,27,28)/b25-14+. The molecule has 2 amide bonds. The number of aryl methyl sites for hydroxylation is 1. The van der Waals surface area contributed by atoms with E-state index in [-0.39, 0.29) is 0 Å². The molecule has 0 atom stereocenters. The molecule has 0 saturated heterocycles. The van der Waals surface area contributed by atoms with Gasteiger partial charge in [-0.1, -0.05) is 37.9 Å². The molecular formula is C23H30BrN3O4S. The molecule has 0 saturated carbocycles. The van der Waals surface area contributed by atoms with E-state index in [0.717, 1.165) is 21.3 Å². The van der Waals surface area contributed by atoms with Crippen molar-refractivity contribution in [3.63, 3.8) is 0 Å². The Hall–Kier alpha value is -2.39. The summed E-state index contributed by atoms with van der Waals surface area (Å²) in [6.45, 7) is 9.49. The Balaban J connectivity index is 2.04. The molecule has 2 N–H and O–H groups in total. The molecule has 7 nitrogen and oxygen atoms in total. The van der Waals surface area contributed by atoms with E-state index in [1.54, 1.807) is 12.3 Å². The maximum atomic E-state index is 11.4. The summed E-state index contributed by atoms with van der Waals surface area (Å²) < 4.78 is 21.0. The Bertz CT molecular complexity index is 938. The van der Waals surface area contributed by atoms with Crippen molar-refractivity contribution in [2.75, 3.05) is 26.1 Å². The highest BCUT2D eigenvalue weighted by molar-refractivity contribution is 9.10. The van der Waals surface area contributed by atoms with Gasteiger partial charge in [0.15, 0.2) is 11.5 Å². The number of rotatable bonds is 11. The van der Waals surface area contributed by atoms with Gasteiger partial charge in [0.25, 0.3) is 0 Å². The number of ether oxygens (including phenoxy) is 3. The maximum Gasteiger partial charge on any atom is 0.345 e. The number of nitrogens with zero attached hydrogens (tertiary/aromatic N) is 1. The SMILES string of the molecule is CCOc1cc(/C=N/NC(=O)NSC)cc(Br)c1OCCOc1cc(C)ccc1C(C)C. The quantitative estimate of drug-likeness (QED) is 0.172. The predicted octanol–water partition coefficient (Wildman–Crippen LogP) is 5.65. The Morgan fingerprint density at radius 1 is 1.16 bits per heavy atom. The highest BCUT2D eigenvalue weighted by Crippen LogP contribution is 2.36. The van der Waals surface area contributed by atoms with Crippen LogP contribution < -0.4 is 24.4 Å². The molecule has 174 valence electrons. The van der Waals surface area contributed by atoms with E-state index in [0.29, 0.717) is 37.2 Å². The minimum absolute atomic E-state index is 0.355. The van der Waals surface area contributed by atoms with Crippen molar-refractivity contribution in [2.24, 2.45) is 5.10 Å². The summed E-state index contributed by atoms with van der Waals surface area (Å²) in [6.07, 6.45) is 3.29. The van der Waals surface area contributed by atoms with E-state index in [4.69, 9.17) is 14.2 Å². The van der Waals surface area contributed by atoms with E-state index in [1.807, 2.05) is 13.0 Å². The van der Waals surface area contributed by atoms with Crippen molar-refractivity contribution in [3.8, 4) is 17.2 Å². The first kappa shape index (κ1) is 25.9. The van der Waals surface area contributed by atoms with Crippen molar-refractivity contribution in [3.05, 3.63) is 51.5 Å². The molecule has 0 spiro atoms. The number of hydrogen-bond donors (Lipinski definition) is 2. The van der Waals surface area contributed by atoms with Crippen LogP contribution in [0.25, 0.3) is 0 Å². The number of benzene rings is 2. The van der Waals surface area contributed by atoms with E-state index in [9.17, 15) is 4.79 Å². The molecule has 0 heterocycles. The first-order valence-electron chi connectivity index (χ1n) is 10.3. The zero-order valence-corrected chi connectivity index (χ0v) is 21.4. The molecule has 0 aliphatic rings. The van der Waals surface area contributed by atoms with Gasteiger partial charge in [-0.25, -0.2) is 10.2 Å². The van der Waals surface area contributed by atoms with Crippen LogP contribution in [-0.4, -0.2) is 38.3 Å².